The molecule has 1 unspecified atom stereocenters. The number of carbonyl (C=O) groups is 1. The smallest absolute Gasteiger partial charge is 0.393 e. The highest BCUT2D eigenvalue weighted by Gasteiger charge is 2.38. The van der Waals surface area contributed by atoms with E-state index in [0.717, 1.165) is 0 Å². The maximum atomic E-state index is 11.8. The monoisotopic (exact) mass is 256 g/mol. The number of aliphatic hydroxyl groups excluding tert-OH is 1. The first-order chi connectivity index (χ1) is 7.73. The van der Waals surface area contributed by atoms with Crippen LogP contribution in [-0.4, -0.2) is 54.9 Å². The van der Waals surface area contributed by atoms with Crippen LogP contribution < -0.4 is 5.32 Å². The molecule has 17 heavy (non-hydrogen) atoms. The summed E-state index contributed by atoms with van der Waals surface area (Å²) in [6.07, 6.45) is -4.13. The minimum absolute atomic E-state index is 0.00262. The quantitative estimate of drug-likeness (QED) is 0.661. The number of nitrogens with one attached hydrogen (secondary N) is 1. The van der Waals surface area contributed by atoms with Crippen molar-refractivity contribution in [3.8, 4) is 0 Å². The molecule has 7 heteroatoms. The van der Waals surface area contributed by atoms with Gasteiger partial charge in [-0.15, -0.1) is 0 Å². The summed E-state index contributed by atoms with van der Waals surface area (Å²) >= 11 is 0. The van der Waals surface area contributed by atoms with Crippen molar-refractivity contribution < 1.29 is 23.1 Å². The second kappa shape index (κ2) is 7.50. The molecule has 0 saturated heterocycles. The second-order valence-corrected chi connectivity index (χ2v) is 4.05. The molecular weight excluding hydrogens is 237 g/mol. The first kappa shape index (κ1) is 16.2. The lowest BCUT2D eigenvalue weighted by molar-refractivity contribution is -0.173. The van der Waals surface area contributed by atoms with Gasteiger partial charge in [0.1, 0.15) is 0 Å². The van der Waals surface area contributed by atoms with Gasteiger partial charge in [0.25, 0.3) is 0 Å². The SMILES string of the molecule is CC(O)CCN(C)CCCNC(=O)C(F)(F)F. The molecule has 0 fully saturated rings. The lowest BCUT2D eigenvalue weighted by atomic mass is 10.2. The van der Waals surface area contributed by atoms with E-state index in [2.05, 4.69) is 0 Å². The Kier molecular flexibility index (Phi) is 7.13. The fraction of sp³-hybridized carbons (Fsp3) is 0.900. The van der Waals surface area contributed by atoms with Crippen molar-refractivity contribution in [3.05, 3.63) is 0 Å². The summed E-state index contributed by atoms with van der Waals surface area (Å²) in [6, 6.07) is 0. The molecule has 0 aromatic carbocycles. The Morgan fingerprint density at radius 1 is 1.41 bits per heavy atom. The van der Waals surface area contributed by atoms with Crippen molar-refractivity contribution in [2.24, 2.45) is 0 Å². The fourth-order valence-corrected chi connectivity index (χ4v) is 1.17. The lowest BCUT2D eigenvalue weighted by Crippen LogP contribution is -2.38. The van der Waals surface area contributed by atoms with E-state index in [-0.39, 0.29) is 12.6 Å². The van der Waals surface area contributed by atoms with Crippen LogP contribution >= 0.6 is 0 Å². The highest BCUT2D eigenvalue weighted by Crippen LogP contribution is 2.13. The number of nitrogens with zero attached hydrogens (tertiary/aromatic N) is 1. The van der Waals surface area contributed by atoms with Crippen molar-refractivity contribution >= 4 is 5.91 Å². The van der Waals surface area contributed by atoms with Gasteiger partial charge in [0.15, 0.2) is 0 Å². The number of hydrogen-bond acceptors (Lipinski definition) is 3. The molecule has 1 atom stereocenters. The molecule has 0 aliphatic heterocycles. The summed E-state index contributed by atoms with van der Waals surface area (Å²) in [6.45, 7) is 2.92. The average molecular weight is 256 g/mol. The molecule has 102 valence electrons. The van der Waals surface area contributed by atoms with Crippen LogP contribution in [0.2, 0.25) is 0 Å². The molecular formula is C10H19F3N2O2. The fourth-order valence-electron chi connectivity index (χ4n) is 1.17. The van der Waals surface area contributed by atoms with Gasteiger partial charge in [-0.3, -0.25) is 4.79 Å². The molecule has 0 heterocycles. The third-order valence-electron chi connectivity index (χ3n) is 2.19. The molecule has 0 spiro atoms. The zero-order chi connectivity index (χ0) is 13.5. The van der Waals surface area contributed by atoms with Crippen molar-refractivity contribution in [2.75, 3.05) is 26.7 Å². The lowest BCUT2D eigenvalue weighted by Gasteiger charge is -2.17. The van der Waals surface area contributed by atoms with Crippen molar-refractivity contribution in [1.82, 2.24) is 10.2 Å². The molecule has 0 rings (SSSR count). The van der Waals surface area contributed by atoms with Crippen LogP contribution in [0.25, 0.3) is 0 Å². The second-order valence-electron chi connectivity index (χ2n) is 4.05. The van der Waals surface area contributed by atoms with E-state index in [4.69, 9.17) is 5.11 Å². The largest absolute Gasteiger partial charge is 0.471 e. The summed E-state index contributed by atoms with van der Waals surface area (Å²) in [7, 11) is 1.81. The van der Waals surface area contributed by atoms with Crippen LogP contribution in [0, 0.1) is 0 Å². The van der Waals surface area contributed by atoms with Gasteiger partial charge in [0.05, 0.1) is 6.10 Å². The van der Waals surface area contributed by atoms with E-state index in [1.807, 2.05) is 11.9 Å². The number of amides is 1. The van der Waals surface area contributed by atoms with E-state index in [9.17, 15) is 18.0 Å². The van der Waals surface area contributed by atoms with Gasteiger partial charge in [-0.25, -0.2) is 0 Å². The number of hydrogen-bond donors (Lipinski definition) is 2. The van der Waals surface area contributed by atoms with Crippen molar-refractivity contribution in [1.29, 1.82) is 0 Å². The van der Waals surface area contributed by atoms with Gasteiger partial charge in [0.2, 0.25) is 0 Å². The number of halogens is 3. The van der Waals surface area contributed by atoms with E-state index in [0.29, 0.717) is 25.9 Å². The van der Waals surface area contributed by atoms with Crippen molar-refractivity contribution in [3.63, 3.8) is 0 Å². The summed E-state index contributed by atoms with van der Waals surface area (Å²) in [5.74, 6) is -1.90. The molecule has 0 saturated carbocycles. The van der Waals surface area contributed by atoms with E-state index >= 15 is 0 Å². The van der Waals surface area contributed by atoms with Crippen LogP contribution in [-0.2, 0) is 4.79 Å². The zero-order valence-corrected chi connectivity index (χ0v) is 10.0. The third kappa shape index (κ3) is 8.93. The molecule has 0 bridgehead atoms. The molecule has 1 amide bonds. The predicted molar refractivity (Wildman–Crippen MR) is 57.5 cm³/mol. The summed E-state index contributed by atoms with van der Waals surface area (Å²) in [5, 5.41) is 10.8. The number of aliphatic hydroxyl groups is 1. The standard InChI is InChI=1S/C10H19F3N2O2/c1-8(16)4-7-15(2)6-3-5-14-9(17)10(11,12)13/h8,16H,3-7H2,1-2H3,(H,14,17). The number of carbonyl (C=O) groups excluding carboxylic acids is 1. The van der Waals surface area contributed by atoms with Crippen LogP contribution in [0.5, 0.6) is 0 Å². The Bertz CT molecular complexity index is 232. The Balaban J connectivity index is 3.55. The zero-order valence-electron chi connectivity index (χ0n) is 10.0. The molecule has 4 nitrogen and oxygen atoms in total. The first-order valence-corrected chi connectivity index (χ1v) is 5.45. The summed E-state index contributed by atoms with van der Waals surface area (Å²) in [4.78, 5) is 12.3. The Hall–Kier alpha value is -0.820. The maximum absolute atomic E-state index is 11.8. The van der Waals surface area contributed by atoms with E-state index in [1.54, 1.807) is 12.2 Å². The van der Waals surface area contributed by atoms with Gasteiger partial charge in [0, 0.05) is 13.1 Å². The highest BCUT2D eigenvalue weighted by atomic mass is 19.4. The average Bonchev–Trinajstić information content (AvgIpc) is 2.19. The van der Waals surface area contributed by atoms with Gasteiger partial charge >= 0.3 is 12.1 Å². The molecule has 0 aliphatic rings. The van der Waals surface area contributed by atoms with Gasteiger partial charge in [-0.1, -0.05) is 0 Å². The minimum Gasteiger partial charge on any atom is -0.393 e. The highest BCUT2D eigenvalue weighted by molar-refractivity contribution is 5.81. The Labute approximate surface area is 98.8 Å². The summed E-state index contributed by atoms with van der Waals surface area (Å²) in [5.41, 5.74) is 0. The maximum Gasteiger partial charge on any atom is 0.471 e. The van der Waals surface area contributed by atoms with E-state index < -0.39 is 12.1 Å². The molecule has 0 radical (unpaired) electrons. The molecule has 2 N–H and O–H groups in total. The van der Waals surface area contributed by atoms with Crippen LogP contribution in [0.4, 0.5) is 13.2 Å². The van der Waals surface area contributed by atoms with Crippen LogP contribution in [0.1, 0.15) is 19.8 Å². The molecule has 0 aromatic rings. The van der Waals surface area contributed by atoms with Gasteiger partial charge in [-0.05, 0) is 33.4 Å². The Morgan fingerprint density at radius 3 is 2.47 bits per heavy atom. The summed E-state index contributed by atoms with van der Waals surface area (Å²) < 4.78 is 35.4. The first-order valence-electron chi connectivity index (χ1n) is 5.45. The van der Waals surface area contributed by atoms with Gasteiger partial charge < -0.3 is 15.3 Å². The van der Waals surface area contributed by atoms with E-state index in [1.165, 1.54) is 0 Å². The van der Waals surface area contributed by atoms with Gasteiger partial charge in [-0.2, -0.15) is 13.2 Å². The predicted octanol–water partition coefficient (Wildman–Crippen LogP) is 0.758. The minimum atomic E-state index is -4.81. The third-order valence-corrected chi connectivity index (χ3v) is 2.19. The van der Waals surface area contributed by atoms with Crippen LogP contribution in [0.15, 0.2) is 0 Å². The van der Waals surface area contributed by atoms with Crippen molar-refractivity contribution in [2.45, 2.75) is 32.0 Å². The Morgan fingerprint density at radius 2 is 2.00 bits per heavy atom. The number of rotatable bonds is 7. The molecule has 0 aliphatic carbocycles. The van der Waals surface area contributed by atoms with Crippen LogP contribution in [0.3, 0.4) is 0 Å². The topological polar surface area (TPSA) is 52.6 Å². The number of alkyl halides is 3. The molecule has 0 aromatic heterocycles. The normalized spacial score (nSPS) is 13.8.